The van der Waals surface area contributed by atoms with Crippen molar-refractivity contribution in [1.29, 1.82) is 0 Å². The maximum atomic E-state index is 12.8. The average molecular weight is 1110 g/mol. The fraction of sp³-hybridized carbons (Fsp3) is 0.709. The van der Waals surface area contributed by atoms with Gasteiger partial charge in [0.05, 0.1) is 92.8 Å². The van der Waals surface area contributed by atoms with Crippen molar-refractivity contribution in [3.63, 3.8) is 0 Å². The van der Waals surface area contributed by atoms with Crippen LogP contribution < -0.4 is 0 Å². The van der Waals surface area contributed by atoms with Crippen molar-refractivity contribution in [2.45, 2.75) is 208 Å². The Labute approximate surface area is 455 Å². The lowest BCUT2D eigenvalue weighted by Gasteiger charge is -2.50. The lowest BCUT2D eigenvalue weighted by Crippen LogP contribution is -2.69. The SMILES string of the molecule is CCN(C[C@@]1(O)OC[C@@H](O)[C@@H](O)[C@@H]1O)[C@@H]1[C@H](O)[C@H](O[C@H]2/C=C/C=C/C=C/C=C/C=C/C=C/C=C/[C@H](C)[C@@H](O)[C@@H](C)[C@H](C)OC(=O)C[C@H](O)C[C@H](O)CC[C@@H](O)[C@H](O)C[C@H](O)C[C@]3(O)C[C@H](O)[C@@H](C(=O)O)[C@H](C2)O3)O[C@@H](C)[C@H]1O. The van der Waals surface area contributed by atoms with E-state index in [9.17, 15) is 86.2 Å². The van der Waals surface area contributed by atoms with Gasteiger partial charge in [0.15, 0.2) is 12.1 Å². The highest BCUT2D eigenvalue weighted by Gasteiger charge is 2.54. The standard InChI is InChI=1S/C55H87NO22/c1-6-56(30-55(73)51(69)49(67)42(63)29-74-55)46-48(66)34(5)76-53(50(46)68)77-38-20-18-16-14-12-10-8-7-9-11-13-15-17-19-31(2)47(65)32(3)33(4)75-44(64)25-36(58)23-35(57)21-22-39(60)40(61)24-37(59)27-54(72)28-41(62)45(52(70)71)43(26-38)78-54/h7-20,31-43,45-51,53,57-63,65-69,72-73H,6,21-30H2,1-5H3,(H,70,71)/b8-7+,11-9+,12-10+,15-13+,16-14+,19-17+,20-18+/t31-,32-,33-,34-,35+,36+,37-,38-,39+,40+,41-,42+,43-,45+,46-,47+,48+,49+,50-,51-,53-,54+,55+/m0/s1. The van der Waals surface area contributed by atoms with E-state index in [2.05, 4.69) is 0 Å². The minimum Gasteiger partial charge on any atom is -0.481 e. The molecule has 78 heavy (non-hydrogen) atoms. The third-order valence-electron chi connectivity index (χ3n) is 14.9. The number of likely N-dealkylation sites (N-methyl/N-ethyl adjacent to an activating group) is 1. The smallest absolute Gasteiger partial charge is 0.311 e. The molecule has 0 amide bonds. The van der Waals surface area contributed by atoms with Crippen LogP contribution in [0.3, 0.4) is 0 Å². The molecule has 0 aromatic rings. The molecule has 23 heteroatoms. The van der Waals surface area contributed by atoms with Crippen LogP contribution in [0, 0.1) is 17.8 Å². The lowest BCUT2D eigenvalue weighted by atomic mass is 9.82. The van der Waals surface area contributed by atoms with Crippen LogP contribution in [0.25, 0.3) is 0 Å². The van der Waals surface area contributed by atoms with Gasteiger partial charge in [0, 0.05) is 37.5 Å². The second kappa shape index (κ2) is 31.5. The van der Waals surface area contributed by atoms with E-state index in [1.807, 2.05) is 6.92 Å². The van der Waals surface area contributed by atoms with E-state index in [0.717, 1.165) is 0 Å². The van der Waals surface area contributed by atoms with E-state index < -0.39 is 191 Å². The highest BCUT2D eigenvalue weighted by atomic mass is 16.7. The normalized spacial score (nSPS) is 45.9. The van der Waals surface area contributed by atoms with E-state index in [1.54, 1.807) is 93.7 Å². The summed E-state index contributed by atoms with van der Waals surface area (Å²) >= 11 is 0. The first kappa shape index (κ1) is 66.9. The van der Waals surface area contributed by atoms with Crippen LogP contribution in [0.4, 0.5) is 0 Å². The fourth-order valence-corrected chi connectivity index (χ4v) is 10.1. The number of rotatable bonds is 7. The Kier molecular flexibility index (Phi) is 27.0. The molecule has 4 heterocycles. The first-order valence-corrected chi connectivity index (χ1v) is 26.8. The molecule has 444 valence electrons. The number of aliphatic carboxylic acids is 1. The number of esters is 1. The summed E-state index contributed by atoms with van der Waals surface area (Å²) in [4.78, 5) is 26.8. The van der Waals surface area contributed by atoms with Crippen molar-refractivity contribution >= 4 is 11.9 Å². The number of allylic oxidation sites excluding steroid dienone is 12. The second-order valence-corrected chi connectivity index (χ2v) is 21.2. The zero-order chi connectivity index (χ0) is 58.1. The fourth-order valence-electron chi connectivity index (χ4n) is 10.1. The van der Waals surface area contributed by atoms with Crippen molar-refractivity contribution in [2.75, 3.05) is 19.7 Å². The van der Waals surface area contributed by atoms with Crippen LogP contribution in [-0.4, -0.2) is 235 Å². The Bertz CT molecular complexity index is 2050. The molecule has 3 saturated heterocycles. The van der Waals surface area contributed by atoms with Gasteiger partial charge in [-0.05, 0) is 39.7 Å². The van der Waals surface area contributed by atoms with Crippen LogP contribution in [0.1, 0.15) is 86.0 Å². The summed E-state index contributed by atoms with van der Waals surface area (Å²) in [6.07, 6.45) is -4.32. The quantitative estimate of drug-likeness (QED) is 0.134. The first-order valence-electron chi connectivity index (χ1n) is 26.8. The summed E-state index contributed by atoms with van der Waals surface area (Å²) in [6, 6.07) is -1.30. The molecule has 4 aliphatic heterocycles. The maximum absolute atomic E-state index is 12.8. The molecule has 0 spiro atoms. The summed E-state index contributed by atoms with van der Waals surface area (Å²) < 4.78 is 29.1. The monoisotopic (exact) mass is 1110 g/mol. The van der Waals surface area contributed by atoms with Crippen molar-refractivity contribution in [1.82, 2.24) is 4.90 Å². The first-order chi connectivity index (χ1) is 36.7. The van der Waals surface area contributed by atoms with Crippen LogP contribution >= 0.6 is 0 Å². The number of carbonyl (C=O) groups excluding carboxylic acids is 1. The molecule has 4 aliphatic rings. The zero-order valence-corrected chi connectivity index (χ0v) is 45.0. The van der Waals surface area contributed by atoms with Gasteiger partial charge in [0.2, 0.25) is 5.79 Å². The molecule has 0 radical (unpaired) electrons. The van der Waals surface area contributed by atoms with Crippen molar-refractivity contribution in [2.24, 2.45) is 17.8 Å². The Hall–Kier alpha value is -3.64. The number of carbonyl (C=O) groups is 2. The molecule has 4 rings (SSSR count). The van der Waals surface area contributed by atoms with Crippen molar-refractivity contribution in [3.05, 3.63) is 85.1 Å². The van der Waals surface area contributed by atoms with Gasteiger partial charge in [-0.25, -0.2) is 0 Å². The Balaban J connectivity index is 1.62. The number of cyclic esters (lactones) is 1. The number of hydrogen-bond acceptors (Lipinski definition) is 22. The summed E-state index contributed by atoms with van der Waals surface area (Å²) in [5, 5.41) is 164. The molecular weight excluding hydrogens is 1030 g/mol. The van der Waals surface area contributed by atoms with Gasteiger partial charge in [-0.2, -0.15) is 0 Å². The Morgan fingerprint density at radius 1 is 0.654 bits per heavy atom. The number of aliphatic hydroxyl groups is 14. The predicted molar refractivity (Wildman–Crippen MR) is 279 cm³/mol. The van der Waals surface area contributed by atoms with Gasteiger partial charge in [-0.15, -0.1) is 0 Å². The van der Waals surface area contributed by atoms with E-state index in [0.29, 0.717) is 0 Å². The molecule has 0 saturated carbocycles. The molecule has 23 atom stereocenters. The van der Waals surface area contributed by atoms with Gasteiger partial charge >= 0.3 is 11.9 Å². The predicted octanol–water partition coefficient (Wildman–Crippen LogP) is -1.12. The van der Waals surface area contributed by atoms with Gasteiger partial charge < -0.3 is 100 Å². The summed E-state index contributed by atoms with van der Waals surface area (Å²) in [6.45, 7) is 7.17. The highest BCUT2D eigenvalue weighted by Crippen LogP contribution is 2.39. The number of nitrogens with zero attached hydrogens (tertiary/aromatic N) is 1. The van der Waals surface area contributed by atoms with E-state index in [4.69, 9.17) is 23.7 Å². The van der Waals surface area contributed by atoms with Crippen LogP contribution in [-0.2, 0) is 33.3 Å². The zero-order valence-electron chi connectivity index (χ0n) is 45.0. The van der Waals surface area contributed by atoms with Crippen LogP contribution in [0.2, 0.25) is 0 Å². The number of carboxylic acids is 1. The number of fused-ring (bicyclic) bond motifs is 2. The molecule has 2 bridgehead atoms. The molecular formula is C55H87NO22. The topological polar surface area (TPSA) is 387 Å². The molecule has 0 aromatic carbocycles. The third kappa shape index (κ3) is 19.8. The molecule has 0 aliphatic carbocycles. The van der Waals surface area contributed by atoms with Crippen molar-refractivity contribution < 1.29 is 110 Å². The minimum absolute atomic E-state index is 0.0189. The summed E-state index contributed by atoms with van der Waals surface area (Å²) in [7, 11) is 0. The Morgan fingerprint density at radius 2 is 1.24 bits per heavy atom. The van der Waals surface area contributed by atoms with Gasteiger partial charge in [0.1, 0.15) is 36.4 Å². The van der Waals surface area contributed by atoms with Crippen molar-refractivity contribution in [3.8, 4) is 0 Å². The highest BCUT2D eigenvalue weighted by molar-refractivity contribution is 5.71. The molecule has 23 nitrogen and oxygen atoms in total. The van der Waals surface area contributed by atoms with Gasteiger partial charge in [-0.1, -0.05) is 106 Å². The van der Waals surface area contributed by atoms with Gasteiger partial charge in [0.25, 0.3) is 0 Å². The molecule has 0 aromatic heterocycles. The third-order valence-corrected chi connectivity index (χ3v) is 14.9. The number of ether oxygens (including phenoxy) is 5. The van der Waals surface area contributed by atoms with Crippen LogP contribution in [0.5, 0.6) is 0 Å². The van der Waals surface area contributed by atoms with E-state index in [-0.39, 0.29) is 31.7 Å². The van der Waals surface area contributed by atoms with E-state index >= 15 is 0 Å². The average Bonchev–Trinajstić information content (AvgIpc) is 3.43. The largest absolute Gasteiger partial charge is 0.481 e. The lowest BCUT2D eigenvalue weighted by molar-refractivity contribution is -0.336. The number of carboxylic acid groups (broad SMARTS) is 1. The molecule has 0 unspecified atom stereocenters. The van der Waals surface area contributed by atoms with Gasteiger partial charge in [-0.3, -0.25) is 14.5 Å². The van der Waals surface area contributed by atoms with E-state index in [1.165, 1.54) is 24.0 Å². The maximum Gasteiger partial charge on any atom is 0.311 e. The summed E-state index contributed by atoms with van der Waals surface area (Å²) in [5.74, 6) is -9.63. The Morgan fingerprint density at radius 3 is 1.83 bits per heavy atom. The number of hydrogen-bond donors (Lipinski definition) is 15. The minimum atomic E-state index is -2.46. The van der Waals surface area contributed by atoms with Crippen LogP contribution in [0.15, 0.2) is 85.1 Å². The second-order valence-electron chi connectivity index (χ2n) is 21.2. The molecule has 15 N–H and O–H groups in total. The molecule has 3 fully saturated rings. The number of aliphatic hydroxyl groups excluding tert-OH is 12. The summed E-state index contributed by atoms with van der Waals surface area (Å²) in [5.41, 5.74) is 0.